The van der Waals surface area contributed by atoms with Gasteiger partial charge in [0.25, 0.3) is 0 Å². The second-order valence-corrected chi connectivity index (χ2v) is 2.89. The zero-order valence-electron chi connectivity index (χ0n) is 6.95. The summed E-state index contributed by atoms with van der Waals surface area (Å²) in [6.45, 7) is 5.02. The van der Waals surface area contributed by atoms with Gasteiger partial charge in [0.05, 0.1) is 6.61 Å². The van der Waals surface area contributed by atoms with Gasteiger partial charge in [-0.15, -0.1) is 0 Å². The lowest BCUT2D eigenvalue weighted by atomic mass is 10.2. The second-order valence-electron chi connectivity index (χ2n) is 2.89. The molecule has 0 aromatic carbocycles. The molecule has 0 atom stereocenters. The molecule has 1 aromatic heterocycles. The zero-order valence-corrected chi connectivity index (χ0v) is 6.95. The van der Waals surface area contributed by atoms with Crippen molar-refractivity contribution in [3.05, 3.63) is 24.5 Å². The molecular weight excluding hydrogens is 138 g/mol. The molecule has 2 heteroatoms. The minimum absolute atomic E-state index is 0.572. The van der Waals surface area contributed by atoms with E-state index in [1.807, 2.05) is 12.1 Å². The molecule has 0 fully saturated rings. The number of hydrogen-bond acceptors (Lipinski definition) is 2. The molecule has 0 unspecified atom stereocenters. The predicted octanol–water partition coefficient (Wildman–Crippen LogP) is 2.12. The van der Waals surface area contributed by atoms with Gasteiger partial charge in [-0.05, 0) is 18.1 Å². The number of aromatic nitrogens is 1. The number of hydrogen-bond donors (Lipinski definition) is 0. The maximum absolute atomic E-state index is 5.43. The Hall–Kier alpha value is -1.05. The first-order valence-electron chi connectivity index (χ1n) is 3.82. The molecule has 0 amide bonds. The highest BCUT2D eigenvalue weighted by molar-refractivity contribution is 5.16. The summed E-state index contributed by atoms with van der Waals surface area (Å²) in [5.74, 6) is 1.47. The van der Waals surface area contributed by atoms with Gasteiger partial charge in [0.15, 0.2) is 0 Å². The van der Waals surface area contributed by atoms with Crippen LogP contribution in [0.15, 0.2) is 24.5 Å². The van der Waals surface area contributed by atoms with Crippen molar-refractivity contribution in [2.24, 2.45) is 5.92 Å². The largest absolute Gasteiger partial charge is 0.493 e. The van der Waals surface area contributed by atoms with Crippen molar-refractivity contribution in [3.63, 3.8) is 0 Å². The van der Waals surface area contributed by atoms with Gasteiger partial charge >= 0.3 is 0 Å². The first-order valence-corrected chi connectivity index (χ1v) is 3.82. The summed E-state index contributed by atoms with van der Waals surface area (Å²) in [7, 11) is 0. The van der Waals surface area contributed by atoms with E-state index in [4.69, 9.17) is 4.74 Å². The Morgan fingerprint density at radius 3 is 2.55 bits per heavy atom. The lowest BCUT2D eigenvalue weighted by Gasteiger charge is -2.06. The van der Waals surface area contributed by atoms with E-state index >= 15 is 0 Å². The summed E-state index contributed by atoms with van der Waals surface area (Å²) in [6, 6.07) is 3.73. The van der Waals surface area contributed by atoms with Crippen molar-refractivity contribution < 1.29 is 4.74 Å². The Balaban J connectivity index is 2.39. The third kappa shape index (κ3) is 3.03. The molecule has 1 heterocycles. The van der Waals surface area contributed by atoms with Crippen LogP contribution in [-0.4, -0.2) is 11.6 Å². The summed E-state index contributed by atoms with van der Waals surface area (Å²) in [6.07, 6.45) is 3.46. The first kappa shape index (κ1) is 8.05. The van der Waals surface area contributed by atoms with Gasteiger partial charge < -0.3 is 4.74 Å². The minimum Gasteiger partial charge on any atom is -0.493 e. The van der Waals surface area contributed by atoms with Crippen molar-refractivity contribution in [1.82, 2.24) is 4.98 Å². The maximum Gasteiger partial charge on any atom is 0.122 e. The highest BCUT2D eigenvalue weighted by atomic mass is 16.5. The fraction of sp³-hybridized carbons (Fsp3) is 0.444. The van der Waals surface area contributed by atoms with E-state index in [2.05, 4.69) is 18.8 Å². The van der Waals surface area contributed by atoms with Gasteiger partial charge in [-0.3, -0.25) is 4.98 Å². The first-order chi connectivity index (χ1) is 5.29. The van der Waals surface area contributed by atoms with Crippen LogP contribution < -0.4 is 4.74 Å². The normalized spacial score (nSPS) is 10.1. The van der Waals surface area contributed by atoms with Gasteiger partial charge in [0, 0.05) is 12.4 Å². The molecule has 0 aliphatic rings. The standard InChI is InChI=1S/C9H13NO/c1-8(2)7-11-9-3-5-10-6-4-9/h3-6,8H,7H2,1-2H3. The summed E-state index contributed by atoms with van der Waals surface area (Å²) in [4.78, 5) is 3.89. The molecule has 0 saturated carbocycles. The fourth-order valence-electron chi connectivity index (χ4n) is 0.697. The topological polar surface area (TPSA) is 22.1 Å². The van der Waals surface area contributed by atoms with Crippen molar-refractivity contribution in [2.75, 3.05) is 6.61 Å². The van der Waals surface area contributed by atoms with Crippen LogP contribution in [0.3, 0.4) is 0 Å². The molecule has 0 bridgehead atoms. The van der Waals surface area contributed by atoms with Crippen molar-refractivity contribution >= 4 is 0 Å². The van der Waals surface area contributed by atoms with Crippen LogP contribution >= 0.6 is 0 Å². The molecule has 1 aromatic rings. The lowest BCUT2D eigenvalue weighted by Crippen LogP contribution is -2.04. The van der Waals surface area contributed by atoms with Gasteiger partial charge in [0.2, 0.25) is 0 Å². The van der Waals surface area contributed by atoms with Crippen LogP contribution in [-0.2, 0) is 0 Å². The average molecular weight is 151 g/mol. The lowest BCUT2D eigenvalue weighted by molar-refractivity contribution is 0.271. The quantitative estimate of drug-likeness (QED) is 0.660. The van der Waals surface area contributed by atoms with Crippen LogP contribution in [0.1, 0.15) is 13.8 Å². The Morgan fingerprint density at radius 2 is 2.00 bits per heavy atom. The van der Waals surface area contributed by atoms with E-state index in [0.717, 1.165) is 12.4 Å². The Labute approximate surface area is 67.2 Å². The summed E-state index contributed by atoms with van der Waals surface area (Å²) >= 11 is 0. The maximum atomic E-state index is 5.43. The Morgan fingerprint density at radius 1 is 1.36 bits per heavy atom. The van der Waals surface area contributed by atoms with Gasteiger partial charge in [0.1, 0.15) is 5.75 Å². The van der Waals surface area contributed by atoms with Crippen molar-refractivity contribution in [3.8, 4) is 5.75 Å². The van der Waals surface area contributed by atoms with Crippen LogP contribution in [0, 0.1) is 5.92 Å². The van der Waals surface area contributed by atoms with Gasteiger partial charge in [-0.2, -0.15) is 0 Å². The Bertz CT molecular complexity index is 196. The van der Waals surface area contributed by atoms with Crippen molar-refractivity contribution in [1.29, 1.82) is 0 Å². The molecule has 0 saturated heterocycles. The summed E-state index contributed by atoms with van der Waals surface area (Å²) < 4.78 is 5.43. The van der Waals surface area contributed by atoms with Gasteiger partial charge in [-0.25, -0.2) is 0 Å². The van der Waals surface area contributed by atoms with E-state index in [1.165, 1.54) is 0 Å². The van der Waals surface area contributed by atoms with Crippen LogP contribution in [0.5, 0.6) is 5.75 Å². The number of pyridine rings is 1. The van der Waals surface area contributed by atoms with Gasteiger partial charge in [-0.1, -0.05) is 13.8 Å². The van der Waals surface area contributed by atoms with Crippen LogP contribution in [0.4, 0.5) is 0 Å². The molecular formula is C9H13NO. The zero-order chi connectivity index (χ0) is 8.10. The minimum atomic E-state index is 0.572. The average Bonchev–Trinajstić information content (AvgIpc) is 2.03. The third-order valence-electron chi connectivity index (χ3n) is 1.23. The number of nitrogens with zero attached hydrogens (tertiary/aromatic N) is 1. The van der Waals surface area contributed by atoms with E-state index in [9.17, 15) is 0 Å². The molecule has 0 spiro atoms. The van der Waals surface area contributed by atoms with E-state index < -0.39 is 0 Å². The fourth-order valence-corrected chi connectivity index (χ4v) is 0.697. The molecule has 1 rings (SSSR count). The van der Waals surface area contributed by atoms with E-state index in [-0.39, 0.29) is 0 Å². The smallest absolute Gasteiger partial charge is 0.122 e. The molecule has 0 N–H and O–H groups in total. The third-order valence-corrected chi connectivity index (χ3v) is 1.23. The number of rotatable bonds is 3. The SMILES string of the molecule is CC(C)COc1ccncc1. The summed E-state index contributed by atoms with van der Waals surface area (Å²) in [5, 5.41) is 0. The van der Waals surface area contributed by atoms with Crippen LogP contribution in [0.25, 0.3) is 0 Å². The van der Waals surface area contributed by atoms with E-state index in [1.54, 1.807) is 12.4 Å². The molecule has 60 valence electrons. The molecule has 0 aliphatic carbocycles. The second kappa shape index (κ2) is 3.96. The molecule has 2 nitrogen and oxygen atoms in total. The molecule has 0 aliphatic heterocycles. The molecule has 11 heavy (non-hydrogen) atoms. The Kier molecular flexibility index (Phi) is 2.90. The monoisotopic (exact) mass is 151 g/mol. The predicted molar refractivity (Wildman–Crippen MR) is 44.6 cm³/mol. The van der Waals surface area contributed by atoms with Crippen LogP contribution in [0.2, 0.25) is 0 Å². The number of ether oxygens (including phenoxy) is 1. The highest BCUT2D eigenvalue weighted by Gasteiger charge is 1.94. The van der Waals surface area contributed by atoms with E-state index in [0.29, 0.717) is 5.92 Å². The van der Waals surface area contributed by atoms with Crippen molar-refractivity contribution in [2.45, 2.75) is 13.8 Å². The molecule has 0 radical (unpaired) electrons. The highest BCUT2D eigenvalue weighted by Crippen LogP contribution is 2.07. The summed E-state index contributed by atoms with van der Waals surface area (Å²) in [5.41, 5.74) is 0.